The molecule has 0 atom stereocenters. The van der Waals surface area contributed by atoms with E-state index in [0.29, 0.717) is 11.1 Å². The van der Waals surface area contributed by atoms with Crippen LogP contribution in [0.5, 0.6) is 0 Å². The molecule has 0 heterocycles. The van der Waals surface area contributed by atoms with Crippen molar-refractivity contribution in [3.05, 3.63) is 58.7 Å². The fourth-order valence-electron chi connectivity index (χ4n) is 2.26. The highest BCUT2D eigenvalue weighted by Gasteiger charge is 2.29. The number of hydrogen-bond donors (Lipinski definition) is 2. The van der Waals surface area contributed by atoms with Gasteiger partial charge in [-0.2, -0.15) is 0 Å². The molecule has 0 saturated carbocycles. The van der Waals surface area contributed by atoms with Gasteiger partial charge in [0.2, 0.25) is 0 Å². The lowest BCUT2D eigenvalue weighted by Crippen LogP contribution is -2.15. The molecule has 6 heteroatoms. The fraction of sp³-hybridized carbons (Fsp3) is 0.125. The van der Waals surface area contributed by atoms with Gasteiger partial charge in [0.05, 0.1) is 0 Å². The van der Waals surface area contributed by atoms with Crippen LogP contribution in [0.2, 0.25) is 0 Å². The van der Waals surface area contributed by atoms with E-state index in [-0.39, 0.29) is 20.9 Å². The maximum absolute atomic E-state index is 12.8. The minimum atomic E-state index is -1.89. The third-order valence-electron chi connectivity index (χ3n) is 3.30. The summed E-state index contributed by atoms with van der Waals surface area (Å²) in [6, 6.07) is 9.31. The predicted molar refractivity (Wildman–Crippen MR) is 81.0 cm³/mol. The smallest absolute Gasteiger partial charge is 0.341 e. The largest absolute Gasteiger partial charge is 0.606 e. The number of carbonyl (C=O) groups is 2. The second-order valence-electron chi connectivity index (χ2n) is 4.78. The van der Waals surface area contributed by atoms with Crippen molar-refractivity contribution in [2.75, 3.05) is 0 Å². The highest BCUT2D eigenvalue weighted by Crippen LogP contribution is 2.29. The highest BCUT2D eigenvalue weighted by molar-refractivity contribution is 7.91. The zero-order valence-electron chi connectivity index (χ0n) is 12.0. The molecule has 0 bridgehead atoms. The van der Waals surface area contributed by atoms with E-state index in [2.05, 4.69) is 0 Å². The number of carboxylic acids is 2. The molecule has 0 spiro atoms. The zero-order chi connectivity index (χ0) is 16.4. The van der Waals surface area contributed by atoms with Crippen molar-refractivity contribution in [2.45, 2.75) is 23.6 Å². The van der Waals surface area contributed by atoms with Crippen molar-refractivity contribution in [1.29, 1.82) is 0 Å². The molecular weight excluding hydrogens is 304 g/mol. The Balaban J connectivity index is 2.67. The average molecular weight is 318 g/mol. The summed E-state index contributed by atoms with van der Waals surface area (Å²) in [5.74, 6) is -2.38. The Hall–Kier alpha value is -2.31. The van der Waals surface area contributed by atoms with Gasteiger partial charge in [0.1, 0.15) is 11.1 Å². The van der Waals surface area contributed by atoms with Crippen LogP contribution in [0.1, 0.15) is 31.8 Å². The molecule has 22 heavy (non-hydrogen) atoms. The van der Waals surface area contributed by atoms with Gasteiger partial charge in [-0.3, -0.25) is 0 Å². The summed E-state index contributed by atoms with van der Waals surface area (Å²) in [6.45, 7) is 3.22. The molecule has 0 radical (unpaired) electrons. The lowest BCUT2D eigenvalue weighted by atomic mass is 10.1. The van der Waals surface area contributed by atoms with Crippen LogP contribution < -0.4 is 0 Å². The van der Waals surface area contributed by atoms with Gasteiger partial charge in [0, 0.05) is 11.2 Å². The van der Waals surface area contributed by atoms with Crippen LogP contribution in [0, 0.1) is 13.8 Å². The monoisotopic (exact) mass is 318 g/mol. The molecule has 5 nitrogen and oxygen atoms in total. The minimum absolute atomic E-state index is 0.0568. The topological polar surface area (TPSA) is 97.7 Å². The van der Waals surface area contributed by atoms with Crippen LogP contribution in [0.4, 0.5) is 0 Å². The van der Waals surface area contributed by atoms with Gasteiger partial charge in [-0.25, -0.2) is 9.59 Å². The maximum atomic E-state index is 12.8. The van der Waals surface area contributed by atoms with Gasteiger partial charge in [-0.1, -0.05) is 24.3 Å². The first-order valence-electron chi connectivity index (χ1n) is 6.42. The Morgan fingerprint density at radius 1 is 0.864 bits per heavy atom. The molecule has 0 aliphatic heterocycles. The molecule has 2 aromatic carbocycles. The molecule has 2 N–H and O–H groups in total. The summed E-state index contributed by atoms with van der Waals surface area (Å²) in [4.78, 5) is 23.0. The van der Waals surface area contributed by atoms with E-state index in [1.54, 1.807) is 38.1 Å². The first kappa shape index (κ1) is 16.1. The van der Waals surface area contributed by atoms with E-state index < -0.39 is 23.1 Å². The second-order valence-corrected chi connectivity index (χ2v) is 6.19. The highest BCUT2D eigenvalue weighted by atomic mass is 32.2. The molecule has 2 aromatic rings. The number of carboxylic acid groups (broad SMARTS) is 2. The van der Waals surface area contributed by atoms with Crippen molar-refractivity contribution in [3.63, 3.8) is 0 Å². The van der Waals surface area contributed by atoms with E-state index >= 15 is 0 Å². The molecule has 0 fully saturated rings. The Bertz CT molecular complexity index is 691. The Morgan fingerprint density at radius 3 is 1.55 bits per heavy atom. The molecule has 0 aliphatic carbocycles. The first-order valence-corrected chi connectivity index (χ1v) is 7.57. The second kappa shape index (κ2) is 6.21. The Kier molecular flexibility index (Phi) is 4.54. The number of benzene rings is 2. The number of hydrogen-bond acceptors (Lipinski definition) is 3. The maximum Gasteiger partial charge on any atom is 0.341 e. The van der Waals surface area contributed by atoms with Gasteiger partial charge in [-0.05, 0) is 37.1 Å². The predicted octanol–water partition coefficient (Wildman–Crippen LogP) is 2.87. The van der Waals surface area contributed by atoms with Crippen molar-refractivity contribution < 1.29 is 24.4 Å². The first-order chi connectivity index (χ1) is 10.3. The van der Waals surface area contributed by atoms with Gasteiger partial charge < -0.3 is 14.8 Å². The van der Waals surface area contributed by atoms with Crippen LogP contribution in [0.15, 0.2) is 46.2 Å². The summed E-state index contributed by atoms with van der Waals surface area (Å²) in [7, 11) is 0. The molecule has 0 aliphatic rings. The minimum Gasteiger partial charge on any atom is -0.606 e. The van der Waals surface area contributed by atoms with Gasteiger partial charge in [0.15, 0.2) is 9.79 Å². The number of aromatic carboxylic acids is 2. The normalized spacial score (nSPS) is 10.7. The Labute approximate surface area is 130 Å². The van der Waals surface area contributed by atoms with Gasteiger partial charge in [0.25, 0.3) is 0 Å². The van der Waals surface area contributed by atoms with Crippen LogP contribution in [-0.4, -0.2) is 26.7 Å². The number of aryl methyl sites for hydroxylation is 2. The molecule has 0 unspecified atom stereocenters. The van der Waals surface area contributed by atoms with Crippen LogP contribution in [0.3, 0.4) is 0 Å². The molecule has 0 amide bonds. The average Bonchev–Trinajstić information content (AvgIpc) is 2.45. The molecule has 0 saturated heterocycles. The SMILES string of the molecule is Cc1cccc([S+]([O-])c2cccc(C)c2C(=O)O)c1C(=O)O. The summed E-state index contributed by atoms with van der Waals surface area (Å²) in [5, 5.41) is 18.6. The van der Waals surface area contributed by atoms with E-state index in [0.717, 1.165) is 0 Å². The van der Waals surface area contributed by atoms with Crippen molar-refractivity contribution in [3.8, 4) is 0 Å². The molecule has 0 aromatic heterocycles. The van der Waals surface area contributed by atoms with Crippen LogP contribution in [-0.2, 0) is 11.2 Å². The zero-order valence-corrected chi connectivity index (χ0v) is 12.8. The van der Waals surface area contributed by atoms with Crippen molar-refractivity contribution in [1.82, 2.24) is 0 Å². The van der Waals surface area contributed by atoms with E-state index in [1.165, 1.54) is 12.1 Å². The molecular formula is C16H14O5S. The summed E-state index contributed by atoms with van der Waals surface area (Å²) in [5.41, 5.74) is 0.836. The molecule has 2 rings (SSSR count). The van der Waals surface area contributed by atoms with Crippen LogP contribution in [0.25, 0.3) is 0 Å². The van der Waals surface area contributed by atoms with E-state index in [1.807, 2.05) is 0 Å². The lowest BCUT2D eigenvalue weighted by molar-refractivity contribution is 0.0682. The third kappa shape index (κ3) is 2.84. The summed E-state index contributed by atoms with van der Waals surface area (Å²) >= 11 is -1.89. The Morgan fingerprint density at radius 2 is 1.23 bits per heavy atom. The van der Waals surface area contributed by atoms with E-state index in [4.69, 9.17) is 0 Å². The summed E-state index contributed by atoms with van der Waals surface area (Å²) in [6.07, 6.45) is 0. The fourth-order valence-corrected chi connectivity index (χ4v) is 3.77. The quantitative estimate of drug-likeness (QED) is 0.845. The third-order valence-corrected chi connectivity index (χ3v) is 4.78. The van der Waals surface area contributed by atoms with Crippen molar-refractivity contribution >= 4 is 23.1 Å². The standard InChI is InChI=1S/C16H14O5S/c1-9-5-3-7-11(13(9)15(17)18)22(21)12-8-4-6-10(2)14(12)16(19)20/h3-8H,1-2H3,(H,17,18)(H,19,20). The van der Waals surface area contributed by atoms with Crippen LogP contribution >= 0.6 is 0 Å². The molecule has 114 valence electrons. The van der Waals surface area contributed by atoms with Crippen molar-refractivity contribution in [2.24, 2.45) is 0 Å². The van der Waals surface area contributed by atoms with Gasteiger partial charge in [-0.15, -0.1) is 0 Å². The number of rotatable bonds is 4. The van der Waals surface area contributed by atoms with E-state index in [9.17, 15) is 24.4 Å². The lowest BCUT2D eigenvalue weighted by Gasteiger charge is -2.16. The summed E-state index contributed by atoms with van der Waals surface area (Å²) < 4.78 is 12.8. The van der Waals surface area contributed by atoms with Gasteiger partial charge >= 0.3 is 11.9 Å².